The summed E-state index contributed by atoms with van der Waals surface area (Å²) in [4.78, 5) is 38.6. The average Bonchev–Trinajstić information content (AvgIpc) is 3.08. The molecule has 3 aromatic rings. The van der Waals surface area contributed by atoms with E-state index in [1.54, 1.807) is 62.6 Å². The van der Waals surface area contributed by atoms with E-state index in [4.69, 9.17) is 9.47 Å². The first-order chi connectivity index (χ1) is 14.9. The van der Waals surface area contributed by atoms with Crippen LogP contribution in [0.15, 0.2) is 62.9 Å². The Balaban J connectivity index is 1.92. The standard InChI is InChI=1S/C21H19BrN4O5/c1-3-31-21(29)19-20(28)26(23-12-14-4-10-17(30-2)11-5-14)24-25(19)13-18(27)15-6-8-16(22)9-7-15/h4-12H,3,13H2,1-2H3/p+1/b23-12+. The van der Waals surface area contributed by atoms with Gasteiger partial charge in [0.1, 0.15) is 5.75 Å². The number of hydrogen-bond donors (Lipinski definition) is 1. The normalized spacial score (nSPS) is 10.9. The van der Waals surface area contributed by atoms with Crippen LogP contribution in [-0.4, -0.2) is 41.7 Å². The molecule has 0 radical (unpaired) electrons. The lowest BCUT2D eigenvalue weighted by molar-refractivity contribution is -0.744. The third kappa shape index (κ3) is 5.34. The Kier molecular flexibility index (Phi) is 7.14. The van der Waals surface area contributed by atoms with Gasteiger partial charge in [0, 0.05) is 14.8 Å². The predicted octanol–water partition coefficient (Wildman–Crippen LogP) is 2.18. The van der Waals surface area contributed by atoms with Crippen LogP contribution in [0.2, 0.25) is 0 Å². The maximum Gasteiger partial charge on any atom is 0.434 e. The van der Waals surface area contributed by atoms with E-state index in [2.05, 4.69) is 26.2 Å². The highest BCUT2D eigenvalue weighted by Gasteiger charge is 2.31. The van der Waals surface area contributed by atoms with Crippen molar-refractivity contribution in [2.75, 3.05) is 13.7 Å². The summed E-state index contributed by atoms with van der Waals surface area (Å²) in [6.45, 7) is 1.44. The van der Waals surface area contributed by atoms with E-state index in [0.29, 0.717) is 16.9 Å². The van der Waals surface area contributed by atoms with Gasteiger partial charge in [0.05, 0.1) is 19.9 Å². The van der Waals surface area contributed by atoms with E-state index >= 15 is 0 Å². The van der Waals surface area contributed by atoms with Gasteiger partial charge in [-0.1, -0.05) is 38.4 Å². The molecule has 160 valence electrons. The summed E-state index contributed by atoms with van der Waals surface area (Å²) < 4.78 is 12.0. The largest absolute Gasteiger partial charge is 0.497 e. The van der Waals surface area contributed by atoms with Crippen molar-refractivity contribution in [1.82, 2.24) is 10.0 Å². The molecule has 10 heteroatoms. The highest BCUT2D eigenvalue weighted by Crippen LogP contribution is 2.11. The van der Waals surface area contributed by atoms with Gasteiger partial charge in [-0.15, -0.1) is 4.68 Å². The summed E-state index contributed by atoms with van der Waals surface area (Å²) in [5, 5.41) is 6.75. The quantitative estimate of drug-likeness (QED) is 0.227. The first-order valence-electron chi connectivity index (χ1n) is 9.32. The molecular formula is C21H20BrN4O5+. The Morgan fingerprint density at radius 3 is 2.45 bits per heavy atom. The van der Waals surface area contributed by atoms with Gasteiger partial charge in [-0.25, -0.2) is 9.59 Å². The zero-order valence-corrected chi connectivity index (χ0v) is 18.5. The van der Waals surface area contributed by atoms with E-state index in [9.17, 15) is 14.4 Å². The van der Waals surface area contributed by atoms with E-state index in [1.165, 1.54) is 6.21 Å². The molecule has 0 aliphatic heterocycles. The molecule has 0 aliphatic carbocycles. The van der Waals surface area contributed by atoms with Crippen LogP contribution in [0.3, 0.4) is 0 Å². The molecule has 0 amide bonds. The minimum Gasteiger partial charge on any atom is -0.497 e. The van der Waals surface area contributed by atoms with Crippen molar-refractivity contribution < 1.29 is 23.7 Å². The van der Waals surface area contributed by atoms with Crippen LogP contribution >= 0.6 is 15.9 Å². The van der Waals surface area contributed by atoms with Crippen molar-refractivity contribution in [3.05, 3.63) is 80.2 Å². The minimum atomic E-state index is -0.842. The van der Waals surface area contributed by atoms with Gasteiger partial charge in [-0.05, 0) is 48.9 Å². The van der Waals surface area contributed by atoms with Crippen LogP contribution in [0, 0.1) is 0 Å². The van der Waals surface area contributed by atoms with Crippen molar-refractivity contribution in [3.63, 3.8) is 0 Å². The SMILES string of the molecule is CCOC(=O)c1c(=O)n(/N=C/c2ccc(OC)cc2)[nH][n+]1CC(=O)c1ccc(Br)cc1. The molecule has 2 aromatic carbocycles. The Morgan fingerprint density at radius 1 is 1.16 bits per heavy atom. The summed E-state index contributed by atoms with van der Waals surface area (Å²) in [6, 6.07) is 13.8. The van der Waals surface area contributed by atoms with Crippen molar-refractivity contribution in [2.24, 2.45) is 5.10 Å². The molecule has 0 saturated heterocycles. The van der Waals surface area contributed by atoms with E-state index in [1.807, 2.05) is 0 Å². The maximum absolute atomic E-state index is 12.7. The monoisotopic (exact) mass is 487 g/mol. The smallest absolute Gasteiger partial charge is 0.434 e. The Labute approximate surface area is 186 Å². The third-order valence-electron chi connectivity index (χ3n) is 4.26. The Morgan fingerprint density at radius 2 is 1.84 bits per heavy atom. The van der Waals surface area contributed by atoms with Crippen molar-refractivity contribution in [2.45, 2.75) is 13.5 Å². The lowest BCUT2D eigenvalue weighted by atomic mass is 10.1. The molecule has 0 saturated carbocycles. The number of ether oxygens (including phenoxy) is 2. The number of nitrogens with one attached hydrogen (secondary N) is 1. The summed E-state index contributed by atoms with van der Waals surface area (Å²) in [6.07, 6.45) is 1.44. The van der Waals surface area contributed by atoms with Gasteiger partial charge in [-0.2, -0.15) is 0 Å². The summed E-state index contributed by atoms with van der Waals surface area (Å²) in [5.41, 5.74) is 0.0873. The number of carbonyl (C=O) groups is 2. The molecule has 1 heterocycles. The lowest BCUT2D eigenvalue weighted by Crippen LogP contribution is -2.46. The van der Waals surface area contributed by atoms with Crippen LogP contribution in [-0.2, 0) is 11.3 Å². The first kappa shape index (κ1) is 22.2. The van der Waals surface area contributed by atoms with Gasteiger partial charge in [0.15, 0.2) is 6.54 Å². The number of benzene rings is 2. The Bertz CT molecular complexity index is 1160. The van der Waals surface area contributed by atoms with Crippen LogP contribution in [0.4, 0.5) is 0 Å². The zero-order chi connectivity index (χ0) is 22.4. The van der Waals surface area contributed by atoms with E-state index < -0.39 is 11.5 Å². The number of ketones is 1. The van der Waals surface area contributed by atoms with Gasteiger partial charge in [0.25, 0.3) is 0 Å². The number of nitrogens with zero attached hydrogens (tertiary/aromatic N) is 3. The van der Waals surface area contributed by atoms with Gasteiger partial charge < -0.3 is 9.47 Å². The zero-order valence-electron chi connectivity index (χ0n) is 16.9. The molecule has 0 aliphatic rings. The number of hydrogen-bond acceptors (Lipinski definition) is 6. The molecule has 3 rings (SSSR count). The molecule has 0 atom stereocenters. The summed E-state index contributed by atoms with van der Waals surface area (Å²) >= 11 is 3.32. The van der Waals surface area contributed by atoms with Crippen LogP contribution in [0.5, 0.6) is 5.75 Å². The molecule has 1 N–H and O–H groups in total. The fourth-order valence-electron chi connectivity index (χ4n) is 2.70. The van der Waals surface area contributed by atoms with Crippen LogP contribution in [0.1, 0.15) is 33.3 Å². The second-order valence-electron chi connectivity index (χ2n) is 6.32. The third-order valence-corrected chi connectivity index (χ3v) is 4.78. The maximum atomic E-state index is 12.7. The van der Waals surface area contributed by atoms with Crippen LogP contribution in [0.25, 0.3) is 0 Å². The molecule has 31 heavy (non-hydrogen) atoms. The molecule has 0 fully saturated rings. The molecule has 9 nitrogen and oxygen atoms in total. The van der Waals surface area contributed by atoms with Gasteiger partial charge in [-0.3, -0.25) is 4.79 Å². The number of methoxy groups -OCH3 is 1. The molecular weight excluding hydrogens is 468 g/mol. The fraction of sp³-hybridized carbons (Fsp3) is 0.190. The number of H-pyrrole nitrogens is 1. The second kappa shape index (κ2) is 9.98. The first-order valence-corrected chi connectivity index (χ1v) is 10.1. The molecule has 1 aromatic heterocycles. The molecule has 0 bridgehead atoms. The predicted molar refractivity (Wildman–Crippen MR) is 116 cm³/mol. The Hall–Kier alpha value is -3.53. The van der Waals surface area contributed by atoms with Crippen LogP contribution < -0.4 is 15.0 Å². The van der Waals surface area contributed by atoms with Crippen molar-refractivity contribution in [1.29, 1.82) is 0 Å². The number of esters is 1. The number of aromatic nitrogens is 3. The van der Waals surface area contributed by atoms with Crippen molar-refractivity contribution >= 4 is 33.9 Å². The van der Waals surface area contributed by atoms with Gasteiger partial charge >= 0.3 is 17.2 Å². The number of carbonyl (C=O) groups excluding carboxylic acids is 2. The average molecular weight is 488 g/mol. The van der Waals surface area contributed by atoms with E-state index in [-0.39, 0.29) is 24.6 Å². The van der Waals surface area contributed by atoms with Crippen molar-refractivity contribution in [3.8, 4) is 5.75 Å². The number of Topliss-reactive ketones (excluding diaryl/α,β-unsaturated/α-hetero) is 1. The number of halogens is 1. The van der Waals surface area contributed by atoms with E-state index in [0.717, 1.165) is 13.9 Å². The highest BCUT2D eigenvalue weighted by atomic mass is 79.9. The van der Waals surface area contributed by atoms with Gasteiger partial charge in [0.2, 0.25) is 5.78 Å². The molecule has 0 unspecified atom stereocenters. The number of aromatic amines is 1. The minimum absolute atomic E-state index is 0.0826. The topological polar surface area (TPSA) is 107 Å². The fourth-order valence-corrected chi connectivity index (χ4v) is 2.96. The summed E-state index contributed by atoms with van der Waals surface area (Å²) in [5.74, 6) is -0.454. The summed E-state index contributed by atoms with van der Waals surface area (Å²) in [7, 11) is 1.56. The highest BCUT2D eigenvalue weighted by molar-refractivity contribution is 9.10. The lowest BCUT2D eigenvalue weighted by Gasteiger charge is -2.01. The molecule has 0 spiro atoms. The second-order valence-corrected chi connectivity index (χ2v) is 7.24. The number of rotatable bonds is 8.